The van der Waals surface area contributed by atoms with Gasteiger partial charge in [-0.25, -0.2) is 0 Å². The Hall–Kier alpha value is -1.35. The van der Waals surface area contributed by atoms with Gasteiger partial charge in [-0.2, -0.15) is 0 Å². The van der Waals surface area contributed by atoms with Gasteiger partial charge in [0.25, 0.3) is 0 Å². The monoisotopic (exact) mass is 484 g/mol. The minimum absolute atomic E-state index is 0.139. The van der Waals surface area contributed by atoms with Gasteiger partial charge in [0.15, 0.2) is 11.0 Å². The molecule has 5 nitrogen and oxygen atoms in total. The number of aromatic nitrogens is 3. The normalized spacial score (nSPS) is 11.0. The van der Waals surface area contributed by atoms with Crippen molar-refractivity contribution in [3.05, 3.63) is 44.0 Å². The lowest BCUT2D eigenvalue weighted by Gasteiger charge is -2.08. The number of carbonyl (C=O) groups is 1. The van der Waals surface area contributed by atoms with E-state index in [-0.39, 0.29) is 11.7 Å². The Labute approximate surface area is 179 Å². The van der Waals surface area contributed by atoms with Crippen LogP contribution < -0.4 is 5.32 Å². The Morgan fingerprint density at radius 3 is 2.81 bits per heavy atom. The van der Waals surface area contributed by atoms with E-state index in [9.17, 15) is 4.79 Å². The fourth-order valence-corrected chi connectivity index (χ4v) is 4.82. The van der Waals surface area contributed by atoms with Crippen LogP contribution in [0.2, 0.25) is 5.02 Å². The first kappa shape index (κ1) is 20.4. The molecular weight excluding hydrogens is 468 g/mol. The van der Waals surface area contributed by atoms with Crippen molar-refractivity contribution in [1.29, 1.82) is 0 Å². The predicted octanol–water partition coefficient (Wildman–Crippen LogP) is 5.74. The van der Waals surface area contributed by atoms with Gasteiger partial charge in [0.2, 0.25) is 5.91 Å². The van der Waals surface area contributed by atoms with Crippen LogP contribution in [0.5, 0.6) is 0 Å². The highest BCUT2D eigenvalue weighted by atomic mass is 79.9. The van der Waals surface area contributed by atoms with Gasteiger partial charge in [0.1, 0.15) is 0 Å². The van der Waals surface area contributed by atoms with Crippen LogP contribution in [0, 0.1) is 0 Å². The lowest BCUT2D eigenvalue weighted by atomic mass is 10.2. The van der Waals surface area contributed by atoms with E-state index >= 15 is 0 Å². The molecule has 0 unspecified atom stereocenters. The van der Waals surface area contributed by atoms with E-state index in [2.05, 4.69) is 49.8 Å². The number of amides is 1. The molecule has 2 heterocycles. The standard InChI is InChI=1S/C18H18BrClN4OS2/c1-3-13-7-11(9-26-13)17-22-23-18(24(17)4-2)27-10-16(25)21-15-6-5-12(19)8-14(15)20/h5-9H,3-4,10H2,1-2H3,(H,21,25). The van der Waals surface area contributed by atoms with Crippen molar-refractivity contribution in [1.82, 2.24) is 14.8 Å². The van der Waals surface area contributed by atoms with Gasteiger partial charge in [-0.15, -0.1) is 21.5 Å². The molecule has 1 N–H and O–H groups in total. The molecule has 142 valence electrons. The van der Waals surface area contributed by atoms with Gasteiger partial charge >= 0.3 is 0 Å². The Balaban J connectivity index is 1.68. The van der Waals surface area contributed by atoms with Crippen LogP contribution >= 0.6 is 50.6 Å². The summed E-state index contributed by atoms with van der Waals surface area (Å²) in [6, 6.07) is 7.50. The van der Waals surface area contributed by atoms with Crippen LogP contribution in [-0.2, 0) is 17.8 Å². The number of aryl methyl sites for hydroxylation is 1. The number of nitrogens with one attached hydrogen (secondary N) is 1. The Morgan fingerprint density at radius 1 is 1.33 bits per heavy atom. The van der Waals surface area contributed by atoms with E-state index in [0.29, 0.717) is 10.7 Å². The molecule has 1 amide bonds. The first-order valence-corrected chi connectivity index (χ1v) is 11.4. The minimum Gasteiger partial charge on any atom is -0.324 e. The molecule has 0 atom stereocenters. The molecule has 3 aromatic rings. The topological polar surface area (TPSA) is 59.8 Å². The number of thiophene rings is 1. The van der Waals surface area contributed by atoms with Crippen LogP contribution in [-0.4, -0.2) is 26.4 Å². The SMILES string of the molecule is CCc1cc(-c2nnc(SCC(=O)Nc3ccc(Br)cc3Cl)n2CC)cs1. The lowest BCUT2D eigenvalue weighted by molar-refractivity contribution is -0.113. The number of hydrogen-bond donors (Lipinski definition) is 1. The van der Waals surface area contributed by atoms with Gasteiger partial charge in [0, 0.05) is 26.8 Å². The molecule has 0 bridgehead atoms. The molecule has 0 aliphatic carbocycles. The lowest BCUT2D eigenvalue weighted by Crippen LogP contribution is -2.15. The summed E-state index contributed by atoms with van der Waals surface area (Å²) in [6.45, 7) is 4.92. The van der Waals surface area contributed by atoms with Crippen molar-refractivity contribution in [3.8, 4) is 11.4 Å². The maximum absolute atomic E-state index is 12.3. The molecule has 0 saturated carbocycles. The largest absolute Gasteiger partial charge is 0.324 e. The molecule has 0 fully saturated rings. The molecule has 0 radical (unpaired) electrons. The van der Waals surface area contributed by atoms with Gasteiger partial charge in [-0.3, -0.25) is 4.79 Å². The van der Waals surface area contributed by atoms with E-state index in [1.54, 1.807) is 23.5 Å². The summed E-state index contributed by atoms with van der Waals surface area (Å²) in [4.78, 5) is 13.6. The number of halogens is 2. The number of thioether (sulfide) groups is 1. The maximum atomic E-state index is 12.3. The summed E-state index contributed by atoms with van der Waals surface area (Å²) in [7, 11) is 0. The van der Waals surface area contributed by atoms with E-state index in [1.807, 2.05) is 17.6 Å². The Bertz CT molecular complexity index is 957. The van der Waals surface area contributed by atoms with Crippen LogP contribution in [0.25, 0.3) is 11.4 Å². The van der Waals surface area contributed by atoms with Crippen molar-refractivity contribution in [2.75, 3.05) is 11.1 Å². The van der Waals surface area contributed by atoms with Crippen LogP contribution in [0.15, 0.2) is 39.3 Å². The van der Waals surface area contributed by atoms with Gasteiger partial charge in [0.05, 0.1) is 16.5 Å². The average Bonchev–Trinajstić information content (AvgIpc) is 3.28. The molecule has 27 heavy (non-hydrogen) atoms. The second kappa shape index (κ2) is 9.23. The molecular formula is C18H18BrClN4OS2. The van der Waals surface area contributed by atoms with Gasteiger partial charge in [-0.05, 0) is 37.6 Å². The molecule has 0 aliphatic heterocycles. The molecule has 2 aromatic heterocycles. The van der Waals surface area contributed by atoms with E-state index in [0.717, 1.165) is 34.0 Å². The summed E-state index contributed by atoms with van der Waals surface area (Å²) in [5.41, 5.74) is 1.66. The van der Waals surface area contributed by atoms with Crippen molar-refractivity contribution in [2.24, 2.45) is 0 Å². The van der Waals surface area contributed by atoms with Gasteiger partial charge < -0.3 is 9.88 Å². The first-order chi connectivity index (χ1) is 13.0. The predicted molar refractivity (Wildman–Crippen MR) is 117 cm³/mol. The quantitative estimate of drug-likeness (QED) is 0.434. The van der Waals surface area contributed by atoms with Crippen LogP contribution in [0.4, 0.5) is 5.69 Å². The fourth-order valence-electron chi connectivity index (χ4n) is 2.48. The second-order valence-electron chi connectivity index (χ2n) is 5.67. The second-order valence-corrected chi connectivity index (χ2v) is 8.93. The zero-order valence-electron chi connectivity index (χ0n) is 14.8. The highest BCUT2D eigenvalue weighted by molar-refractivity contribution is 9.10. The number of anilines is 1. The summed E-state index contributed by atoms with van der Waals surface area (Å²) in [5, 5.41) is 14.8. The number of nitrogens with zero attached hydrogens (tertiary/aromatic N) is 3. The molecule has 0 saturated heterocycles. The molecule has 3 rings (SSSR count). The summed E-state index contributed by atoms with van der Waals surface area (Å²) in [6.07, 6.45) is 1.01. The molecule has 0 spiro atoms. The molecule has 1 aromatic carbocycles. The summed E-state index contributed by atoms with van der Waals surface area (Å²) in [5.74, 6) is 0.932. The summed E-state index contributed by atoms with van der Waals surface area (Å²) < 4.78 is 2.90. The maximum Gasteiger partial charge on any atom is 0.234 e. The third-order valence-corrected chi connectivity index (χ3v) is 6.68. The van der Waals surface area contributed by atoms with Crippen LogP contribution in [0.1, 0.15) is 18.7 Å². The number of carbonyl (C=O) groups excluding carboxylic acids is 1. The molecule has 0 aliphatic rings. The number of hydrogen-bond acceptors (Lipinski definition) is 5. The van der Waals surface area contributed by atoms with Gasteiger partial charge in [-0.1, -0.05) is 46.2 Å². The van der Waals surface area contributed by atoms with Crippen LogP contribution in [0.3, 0.4) is 0 Å². The van der Waals surface area contributed by atoms with Crippen molar-refractivity contribution < 1.29 is 4.79 Å². The third-order valence-electron chi connectivity index (χ3n) is 3.83. The number of rotatable bonds is 7. The van der Waals surface area contributed by atoms with E-state index in [4.69, 9.17) is 11.6 Å². The highest BCUT2D eigenvalue weighted by Gasteiger charge is 2.16. The first-order valence-electron chi connectivity index (χ1n) is 8.40. The van der Waals surface area contributed by atoms with Crippen molar-refractivity contribution in [2.45, 2.75) is 32.0 Å². The Kier molecular flexibility index (Phi) is 6.97. The minimum atomic E-state index is -0.139. The van der Waals surface area contributed by atoms with Crippen molar-refractivity contribution >= 4 is 62.2 Å². The highest BCUT2D eigenvalue weighted by Crippen LogP contribution is 2.29. The summed E-state index contributed by atoms with van der Waals surface area (Å²) >= 11 is 12.6. The molecule has 9 heteroatoms. The van der Waals surface area contributed by atoms with E-state index < -0.39 is 0 Å². The smallest absolute Gasteiger partial charge is 0.234 e. The average molecular weight is 486 g/mol. The van der Waals surface area contributed by atoms with Crippen molar-refractivity contribution in [3.63, 3.8) is 0 Å². The zero-order valence-corrected chi connectivity index (χ0v) is 18.8. The fraction of sp³-hybridized carbons (Fsp3) is 0.278. The zero-order chi connectivity index (χ0) is 19.4. The third kappa shape index (κ3) is 4.93. The Morgan fingerprint density at radius 2 is 2.15 bits per heavy atom. The van der Waals surface area contributed by atoms with E-state index in [1.165, 1.54) is 16.6 Å². The number of benzene rings is 1.